The molecular formula is C21H24ClN5O. The zero-order chi connectivity index (χ0) is 20.5. The highest BCUT2D eigenvalue weighted by Crippen LogP contribution is 2.27. The Labute approximate surface area is 169 Å². The fourth-order valence-corrected chi connectivity index (χ4v) is 2.95. The fraction of sp³-hybridized carbons (Fsp3) is 0.333. The van der Waals surface area contributed by atoms with Gasteiger partial charge in [0.2, 0.25) is 0 Å². The van der Waals surface area contributed by atoms with Gasteiger partial charge in [-0.2, -0.15) is 4.68 Å². The number of carbonyl (C=O) groups is 1. The van der Waals surface area contributed by atoms with Crippen LogP contribution in [0.3, 0.4) is 0 Å². The van der Waals surface area contributed by atoms with E-state index >= 15 is 0 Å². The number of hydrogen-bond acceptors (Lipinski definition) is 4. The number of tetrazole rings is 1. The zero-order valence-corrected chi connectivity index (χ0v) is 17.4. The molecule has 3 rings (SSSR count). The zero-order valence-electron chi connectivity index (χ0n) is 16.7. The van der Waals surface area contributed by atoms with Crippen molar-refractivity contribution in [1.82, 2.24) is 25.5 Å². The minimum atomic E-state index is -0.342. The maximum Gasteiger partial charge on any atom is 0.251 e. The number of benzene rings is 2. The number of hydrogen-bond donors (Lipinski definition) is 1. The summed E-state index contributed by atoms with van der Waals surface area (Å²) >= 11 is 6.03. The monoisotopic (exact) mass is 397 g/mol. The van der Waals surface area contributed by atoms with Crippen LogP contribution >= 0.6 is 11.6 Å². The first kappa shape index (κ1) is 20.0. The molecule has 2 aromatic carbocycles. The second-order valence-electron chi connectivity index (χ2n) is 8.08. The van der Waals surface area contributed by atoms with Gasteiger partial charge >= 0.3 is 0 Å². The first-order valence-electron chi connectivity index (χ1n) is 9.16. The quantitative estimate of drug-likeness (QED) is 0.696. The largest absolute Gasteiger partial charge is 0.347 e. The van der Waals surface area contributed by atoms with E-state index in [0.29, 0.717) is 10.6 Å². The Bertz CT molecular complexity index is 987. The van der Waals surface area contributed by atoms with Gasteiger partial charge in [0.1, 0.15) is 0 Å². The van der Waals surface area contributed by atoms with Gasteiger partial charge in [0.05, 0.1) is 5.69 Å². The summed E-state index contributed by atoms with van der Waals surface area (Å²) in [6, 6.07) is 13.2. The summed E-state index contributed by atoms with van der Waals surface area (Å²) in [7, 11) is 0. The first-order valence-corrected chi connectivity index (χ1v) is 9.54. The Hall–Kier alpha value is -2.73. The molecule has 0 spiro atoms. The number of halogens is 1. The highest BCUT2D eigenvalue weighted by atomic mass is 35.5. The third-order valence-corrected chi connectivity index (χ3v) is 4.35. The lowest BCUT2D eigenvalue weighted by Crippen LogP contribution is -2.40. The molecule has 0 saturated carbocycles. The molecule has 1 amide bonds. The summed E-state index contributed by atoms with van der Waals surface area (Å²) in [6.07, 6.45) is 0. The lowest BCUT2D eigenvalue weighted by molar-refractivity contribution is 0.0919. The summed E-state index contributed by atoms with van der Waals surface area (Å²) < 4.78 is 1.68. The van der Waals surface area contributed by atoms with Gasteiger partial charge in [0.15, 0.2) is 5.82 Å². The maximum atomic E-state index is 12.8. The first-order chi connectivity index (χ1) is 13.1. The third kappa shape index (κ3) is 4.57. The van der Waals surface area contributed by atoms with Gasteiger partial charge in [0.25, 0.3) is 5.91 Å². The van der Waals surface area contributed by atoms with Crippen LogP contribution in [0, 0.1) is 0 Å². The number of aromatic nitrogens is 4. The number of rotatable bonds is 4. The van der Waals surface area contributed by atoms with Crippen molar-refractivity contribution in [2.45, 2.75) is 46.1 Å². The predicted octanol–water partition coefficient (Wildman–Crippen LogP) is 4.63. The van der Waals surface area contributed by atoms with Crippen molar-refractivity contribution in [1.29, 1.82) is 0 Å². The summed E-state index contributed by atoms with van der Waals surface area (Å²) in [5, 5.41) is 15.7. The molecule has 28 heavy (non-hydrogen) atoms. The van der Waals surface area contributed by atoms with Crippen LogP contribution in [-0.2, 0) is 0 Å². The van der Waals surface area contributed by atoms with Crippen LogP contribution < -0.4 is 5.32 Å². The molecule has 1 aromatic heterocycles. The van der Waals surface area contributed by atoms with E-state index in [-0.39, 0.29) is 17.4 Å². The average Bonchev–Trinajstić information content (AvgIpc) is 3.10. The summed E-state index contributed by atoms with van der Waals surface area (Å²) in [4.78, 5) is 12.8. The molecule has 0 unspecified atom stereocenters. The molecule has 7 heteroatoms. The molecule has 0 aliphatic rings. The van der Waals surface area contributed by atoms with Crippen LogP contribution in [0.2, 0.25) is 5.02 Å². The second-order valence-corrected chi connectivity index (χ2v) is 8.52. The van der Waals surface area contributed by atoms with E-state index in [1.165, 1.54) is 0 Å². The molecule has 0 atom stereocenters. The Morgan fingerprint density at radius 3 is 2.36 bits per heavy atom. The van der Waals surface area contributed by atoms with Gasteiger partial charge in [-0.1, -0.05) is 37.6 Å². The smallest absolute Gasteiger partial charge is 0.251 e. The van der Waals surface area contributed by atoms with Gasteiger partial charge < -0.3 is 5.32 Å². The van der Waals surface area contributed by atoms with Gasteiger partial charge in [-0.3, -0.25) is 4.79 Å². The van der Waals surface area contributed by atoms with Crippen molar-refractivity contribution in [3.05, 3.63) is 58.9 Å². The molecular weight excluding hydrogens is 374 g/mol. The van der Waals surface area contributed by atoms with Crippen molar-refractivity contribution in [2.75, 3.05) is 0 Å². The van der Waals surface area contributed by atoms with Gasteiger partial charge in [-0.25, -0.2) is 0 Å². The lowest BCUT2D eigenvalue weighted by Gasteiger charge is -2.21. The molecule has 1 N–H and O–H groups in total. The fourth-order valence-electron chi connectivity index (χ4n) is 2.82. The van der Waals surface area contributed by atoms with E-state index < -0.39 is 0 Å². The predicted molar refractivity (Wildman–Crippen MR) is 111 cm³/mol. The summed E-state index contributed by atoms with van der Waals surface area (Å²) in [5.41, 5.74) is 2.78. The lowest BCUT2D eigenvalue weighted by atomic mass is 10.0. The Kier molecular flexibility index (Phi) is 5.52. The number of nitrogens with zero attached hydrogens (tertiary/aromatic N) is 4. The van der Waals surface area contributed by atoms with E-state index in [1.54, 1.807) is 4.68 Å². The average molecular weight is 398 g/mol. The molecule has 0 fully saturated rings. The summed E-state index contributed by atoms with van der Waals surface area (Å²) in [6.45, 7) is 9.91. The highest BCUT2D eigenvalue weighted by Gasteiger charge is 2.19. The molecule has 3 aromatic rings. The van der Waals surface area contributed by atoms with Gasteiger partial charge in [-0.05, 0) is 72.7 Å². The van der Waals surface area contributed by atoms with Crippen LogP contribution in [0.15, 0.2) is 42.5 Å². The maximum absolute atomic E-state index is 12.8. The van der Waals surface area contributed by atoms with E-state index in [4.69, 9.17) is 11.6 Å². The van der Waals surface area contributed by atoms with E-state index in [9.17, 15) is 4.79 Å². The number of amides is 1. The van der Waals surface area contributed by atoms with E-state index in [1.807, 2.05) is 77.1 Å². The van der Waals surface area contributed by atoms with Crippen molar-refractivity contribution in [3.63, 3.8) is 0 Å². The molecule has 146 valence electrons. The molecule has 0 aliphatic heterocycles. The molecule has 6 nitrogen and oxygen atoms in total. The molecule has 0 radical (unpaired) electrons. The molecule has 0 saturated heterocycles. The van der Waals surface area contributed by atoms with Crippen molar-refractivity contribution >= 4 is 17.5 Å². The van der Waals surface area contributed by atoms with Crippen molar-refractivity contribution in [2.24, 2.45) is 0 Å². The standard InChI is InChI=1S/C21H24ClN5O/c1-13(2)19-24-25-26-27(19)18-11-15(14-6-8-17(22)9-7-14)10-16(12-18)20(28)23-21(3,4)5/h6-13H,1-5H3,(H,23,28). The van der Waals surface area contributed by atoms with Crippen LogP contribution in [0.25, 0.3) is 16.8 Å². The SMILES string of the molecule is CC(C)c1nnnn1-c1cc(C(=O)NC(C)(C)C)cc(-c2ccc(Cl)cc2)c1. The van der Waals surface area contributed by atoms with Crippen molar-refractivity contribution in [3.8, 4) is 16.8 Å². The van der Waals surface area contributed by atoms with E-state index in [0.717, 1.165) is 22.6 Å². The Morgan fingerprint density at radius 1 is 1.07 bits per heavy atom. The topological polar surface area (TPSA) is 72.7 Å². The Balaban J connectivity index is 2.15. The van der Waals surface area contributed by atoms with Crippen LogP contribution in [0.5, 0.6) is 0 Å². The Morgan fingerprint density at radius 2 is 1.75 bits per heavy atom. The van der Waals surface area contributed by atoms with Crippen LogP contribution in [0.1, 0.15) is 56.7 Å². The third-order valence-electron chi connectivity index (χ3n) is 4.10. The van der Waals surface area contributed by atoms with Crippen molar-refractivity contribution < 1.29 is 4.79 Å². The van der Waals surface area contributed by atoms with Gasteiger partial charge in [0, 0.05) is 22.0 Å². The van der Waals surface area contributed by atoms with Crippen LogP contribution in [0.4, 0.5) is 0 Å². The van der Waals surface area contributed by atoms with Gasteiger partial charge in [-0.15, -0.1) is 5.10 Å². The number of nitrogens with one attached hydrogen (secondary N) is 1. The van der Waals surface area contributed by atoms with E-state index in [2.05, 4.69) is 20.8 Å². The second kappa shape index (κ2) is 7.72. The summed E-state index contributed by atoms with van der Waals surface area (Å²) in [5.74, 6) is 0.722. The normalized spacial score (nSPS) is 11.7. The minimum absolute atomic E-state index is 0.140. The number of carbonyl (C=O) groups excluding carboxylic acids is 1. The highest BCUT2D eigenvalue weighted by molar-refractivity contribution is 6.30. The van der Waals surface area contributed by atoms with Crippen LogP contribution in [-0.4, -0.2) is 31.7 Å². The molecule has 1 heterocycles. The molecule has 0 aliphatic carbocycles. The molecule has 0 bridgehead atoms. The minimum Gasteiger partial charge on any atom is -0.347 e.